The molecule has 19 heavy (non-hydrogen) atoms. The molecule has 0 aliphatic rings. The number of hydrogen-bond donors (Lipinski definition) is 2. The summed E-state index contributed by atoms with van der Waals surface area (Å²) >= 11 is 5.83. The average molecular weight is 285 g/mol. The van der Waals surface area contributed by atoms with Crippen LogP contribution in [0.5, 0.6) is 0 Å². The maximum absolute atomic E-state index is 11.7. The minimum absolute atomic E-state index is 0.271. The molecule has 1 rings (SSSR count). The Labute approximate surface area is 114 Å². The number of amides is 2. The molecule has 0 heterocycles. The van der Waals surface area contributed by atoms with Crippen LogP contribution in [0.4, 0.5) is 4.79 Å². The van der Waals surface area contributed by atoms with Gasteiger partial charge in [-0.2, -0.15) is 0 Å². The highest BCUT2D eigenvalue weighted by molar-refractivity contribution is 6.34. The molecule has 0 saturated carbocycles. The summed E-state index contributed by atoms with van der Waals surface area (Å²) in [6, 6.07) is 4.66. The molecule has 1 atom stereocenters. The van der Waals surface area contributed by atoms with Crippen molar-refractivity contribution < 1.29 is 19.1 Å². The van der Waals surface area contributed by atoms with E-state index >= 15 is 0 Å². The summed E-state index contributed by atoms with van der Waals surface area (Å²) in [6.07, 6.45) is 0. The van der Waals surface area contributed by atoms with Crippen LogP contribution < -0.4 is 11.1 Å². The summed E-state index contributed by atoms with van der Waals surface area (Å²) in [6.45, 7) is 0.945. The van der Waals surface area contributed by atoms with Gasteiger partial charge >= 0.3 is 12.0 Å². The SMILES string of the molecule is C[C@H](NC(N)=O)C(=O)OCC(=O)c1ccccc1Cl. The van der Waals surface area contributed by atoms with Gasteiger partial charge in [0, 0.05) is 5.56 Å². The molecule has 6 nitrogen and oxygen atoms in total. The van der Waals surface area contributed by atoms with Gasteiger partial charge in [0.1, 0.15) is 6.04 Å². The predicted octanol–water partition coefficient (Wildman–Crippen LogP) is 1.12. The number of halogens is 1. The number of ether oxygens (including phenoxy) is 1. The first-order valence-corrected chi connectivity index (χ1v) is 5.80. The first kappa shape index (κ1) is 15.0. The summed E-state index contributed by atoms with van der Waals surface area (Å²) < 4.78 is 4.76. The Morgan fingerprint density at radius 1 is 1.37 bits per heavy atom. The lowest BCUT2D eigenvalue weighted by Gasteiger charge is -2.11. The topological polar surface area (TPSA) is 98.5 Å². The van der Waals surface area contributed by atoms with E-state index in [2.05, 4.69) is 5.32 Å². The normalized spacial score (nSPS) is 11.5. The molecule has 1 aromatic rings. The second kappa shape index (κ2) is 6.75. The molecule has 3 N–H and O–H groups in total. The number of carbonyl (C=O) groups excluding carboxylic acids is 3. The number of carbonyl (C=O) groups is 3. The van der Waals surface area contributed by atoms with Crippen molar-refractivity contribution in [2.24, 2.45) is 5.73 Å². The van der Waals surface area contributed by atoms with E-state index in [9.17, 15) is 14.4 Å². The predicted molar refractivity (Wildman–Crippen MR) is 68.9 cm³/mol. The van der Waals surface area contributed by atoms with Crippen molar-refractivity contribution in [1.82, 2.24) is 5.32 Å². The van der Waals surface area contributed by atoms with E-state index in [1.54, 1.807) is 18.2 Å². The minimum atomic E-state index is -0.920. The van der Waals surface area contributed by atoms with Crippen molar-refractivity contribution in [2.75, 3.05) is 6.61 Å². The smallest absolute Gasteiger partial charge is 0.328 e. The van der Waals surface area contributed by atoms with E-state index in [4.69, 9.17) is 22.1 Å². The Kier molecular flexibility index (Phi) is 5.32. The molecule has 0 bridgehead atoms. The third-order valence-corrected chi connectivity index (χ3v) is 2.56. The maximum Gasteiger partial charge on any atom is 0.328 e. The average Bonchev–Trinajstić information content (AvgIpc) is 2.35. The fourth-order valence-corrected chi connectivity index (χ4v) is 1.54. The molecule has 7 heteroatoms. The van der Waals surface area contributed by atoms with Gasteiger partial charge in [-0.3, -0.25) is 4.79 Å². The summed E-state index contributed by atoms with van der Waals surface area (Å²) in [7, 11) is 0. The fraction of sp³-hybridized carbons (Fsp3) is 0.250. The van der Waals surface area contributed by atoms with Crippen molar-refractivity contribution >= 4 is 29.4 Å². The molecule has 2 amide bonds. The number of benzene rings is 1. The number of primary amides is 1. The van der Waals surface area contributed by atoms with Gasteiger partial charge in [0.25, 0.3) is 0 Å². The van der Waals surface area contributed by atoms with Gasteiger partial charge in [0.2, 0.25) is 5.78 Å². The van der Waals surface area contributed by atoms with Crippen LogP contribution in [0.3, 0.4) is 0 Å². The number of Topliss-reactive ketones (excluding diaryl/α,β-unsaturated/α-hetero) is 1. The van der Waals surface area contributed by atoms with Gasteiger partial charge in [-0.05, 0) is 19.1 Å². The van der Waals surface area contributed by atoms with Crippen molar-refractivity contribution in [3.8, 4) is 0 Å². The minimum Gasteiger partial charge on any atom is -0.456 e. The van der Waals surface area contributed by atoms with Gasteiger partial charge in [0.05, 0.1) is 5.02 Å². The Morgan fingerprint density at radius 2 is 2.00 bits per heavy atom. The molecule has 0 aromatic heterocycles. The zero-order valence-electron chi connectivity index (χ0n) is 10.2. The molecule has 0 radical (unpaired) electrons. The summed E-state index contributed by atoms with van der Waals surface area (Å²) in [5.74, 6) is -1.18. The van der Waals surface area contributed by atoms with E-state index < -0.39 is 30.4 Å². The zero-order valence-corrected chi connectivity index (χ0v) is 10.9. The van der Waals surface area contributed by atoms with Crippen LogP contribution >= 0.6 is 11.6 Å². The van der Waals surface area contributed by atoms with Crippen LogP contribution in [0.15, 0.2) is 24.3 Å². The van der Waals surface area contributed by atoms with Crippen LogP contribution in [0.25, 0.3) is 0 Å². The number of urea groups is 1. The van der Waals surface area contributed by atoms with E-state index in [0.717, 1.165) is 0 Å². The largest absolute Gasteiger partial charge is 0.456 e. The molecular weight excluding hydrogens is 272 g/mol. The molecule has 0 aliphatic heterocycles. The van der Waals surface area contributed by atoms with Crippen molar-refractivity contribution in [1.29, 1.82) is 0 Å². The number of nitrogens with two attached hydrogens (primary N) is 1. The van der Waals surface area contributed by atoms with Gasteiger partial charge in [0.15, 0.2) is 6.61 Å². The highest BCUT2D eigenvalue weighted by Gasteiger charge is 2.18. The third-order valence-electron chi connectivity index (χ3n) is 2.23. The fourth-order valence-electron chi connectivity index (χ4n) is 1.30. The Morgan fingerprint density at radius 3 is 2.58 bits per heavy atom. The van der Waals surface area contributed by atoms with Crippen molar-refractivity contribution in [2.45, 2.75) is 13.0 Å². The number of hydrogen-bond acceptors (Lipinski definition) is 4. The number of ketones is 1. The number of esters is 1. The Bertz CT molecular complexity index is 504. The Hall–Kier alpha value is -2.08. The molecule has 102 valence electrons. The third kappa shape index (κ3) is 4.59. The van der Waals surface area contributed by atoms with Gasteiger partial charge in [-0.25, -0.2) is 9.59 Å². The standard InChI is InChI=1S/C12H13ClN2O4/c1-7(15-12(14)18)11(17)19-6-10(16)8-4-2-3-5-9(8)13/h2-5,7H,6H2,1H3,(H3,14,15,18)/t7-/m0/s1. The maximum atomic E-state index is 11.7. The quantitative estimate of drug-likeness (QED) is 0.625. The molecular formula is C12H13ClN2O4. The number of rotatable bonds is 5. The molecule has 0 saturated heterocycles. The zero-order chi connectivity index (χ0) is 14.4. The lowest BCUT2D eigenvalue weighted by atomic mass is 10.1. The second-order valence-electron chi connectivity index (χ2n) is 3.74. The van der Waals surface area contributed by atoms with Crippen molar-refractivity contribution in [3.05, 3.63) is 34.9 Å². The summed E-state index contributed by atoms with van der Waals surface area (Å²) in [5.41, 5.74) is 5.13. The van der Waals surface area contributed by atoms with Gasteiger partial charge in [-0.1, -0.05) is 23.7 Å². The van der Waals surface area contributed by atoms with E-state index in [1.807, 2.05) is 0 Å². The highest BCUT2D eigenvalue weighted by atomic mass is 35.5. The molecule has 0 spiro atoms. The van der Waals surface area contributed by atoms with E-state index in [1.165, 1.54) is 13.0 Å². The van der Waals surface area contributed by atoms with Crippen LogP contribution in [0.2, 0.25) is 5.02 Å². The van der Waals surface area contributed by atoms with Gasteiger partial charge < -0.3 is 15.8 Å². The monoisotopic (exact) mass is 284 g/mol. The van der Waals surface area contributed by atoms with Crippen LogP contribution in [0.1, 0.15) is 17.3 Å². The second-order valence-corrected chi connectivity index (χ2v) is 4.15. The lowest BCUT2D eigenvalue weighted by Crippen LogP contribution is -2.42. The lowest BCUT2D eigenvalue weighted by molar-refractivity contribution is -0.144. The molecule has 0 unspecified atom stereocenters. The highest BCUT2D eigenvalue weighted by Crippen LogP contribution is 2.15. The molecule has 1 aromatic carbocycles. The molecule has 0 fully saturated rings. The van der Waals surface area contributed by atoms with Crippen LogP contribution in [0, 0.1) is 0 Å². The van der Waals surface area contributed by atoms with Crippen LogP contribution in [-0.4, -0.2) is 30.4 Å². The molecule has 0 aliphatic carbocycles. The van der Waals surface area contributed by atoms with E-state index in [0.29, 0.717) is 0 Å². The Balaban J connectivity index is 2.53. The van der Waals surface area contributed by atoms with Gasteiger partial charge in [-0.15, -0.1) is 0 Å². The first-order chi connectivity index (χ1) is 8.91. The first-order valence-electron chi connectivity index (χ1n) is 5.42. The summed E-state index contributed by atoms with van der Waals surface area (Å²) in [4.78, 5) is 33.7. The van der Waals surface area contributed by atoms with Crippen LogP contribution in [-0.2, 0) is 9.53 Å². The number of nitrogens with one attached hydrogen (secondary N) is 1. The van der Waals surface area contributed by atoms with Crippen molar-refractivity contribution in [3.63, 3.8) is 0 Å². The summed E-state index contributed by atoms with van der Waals surface area (Å²) in [5, 5.41) is 2.43. The van der Waals surface area contributed by atoms with E-state index in [-0.39, 0.29) is 10.6 Å².